The Bertz CT molecular complexity index is 4720. The van der Waals surface area contributed by atoms with Gasteiger partial charge < -0.3 is 9.80 Å². The number of aryl methyl sites for hydroxylation is 4. The van der Waals surface area contributed by atoms with Crippen LogP contribution in [0.5, 0.6) is 0 Å². The van der Waals surface area contributed by atoms with Gasteiger partial charge in [-0.1, -0.05) is 194 Å². The van der Waals surface area contributed by atoms with Crippen molar-refractivity contribution in [1.29, 1.82) is 0 Å². The molecule has 16 rings (SSSR count). The molecule has 0 spiro atoms. The minimum Gasteiger partial charge on any atom is -0.310 e. The molecule has 2 nitrogen and oxygen atoms in total. The van der Waals surface area contributed by atoms with Crippen molar-refractivity contribution in [3.05, 3.63) is 289 Å². The molecular formula is C76H52N2. The monoisotopic (exact) mass is 1000 g/mol. The van der Waals surface area contributed by atoms with E-state index in [-0.39, 0.29) is 0 Å². The summed E-state index contributed by atoms with van der Waals surface area (Å²) in [6.07, 6.45) is -8.18. The first kappa shape index (κ1) is 37.1. The summed E-state index contributed by atoms with van der Waals surface area (Å²) >= 11 is 0. The van der Waals surface area contributed by atoms with E-state index < -0.39 is 25.5 Å². The van der Waals surface area contributed by atoms with Gasteiger partial charge in [-0.15, -0.1) is 0 Å². The summed E-state index contributed by atoms with van der Waals surface area (Å²) in [4.78, 5) is 4.56. The quantitative estimate of drug-likeness (QED) is 0.133. The van der Waals surface area contributed by atoms with Crippen molar-refractivity contribution in [1.82, 2.24) is 0 Å². The Morgan fingerprint density at radius 3 is 0.731 bits per heavy atom. The second kappa shape index (κ2) is 17.9. The second-order valence-electron chi connectivity index (χ2n) is 20.5. The summed E-state index contributed by atoms with van der Waals surface area (Å²) in [5.41, 5.74) is 13.0. The molecule has 0 radical (unpaired) electrons. The van der Waals surface area contributed by atoms with E-state index in [1.54, 1.807) is 24.3 Å². The Balaban J connectivity index is 0.778. The summed E-state index contributed by atoms with van der Waals surface area (Å²) < 4.78 is 67.3. The number of rotatable bonds is 9. The van der Waals surface area contributed by atoms with Crippen molar-refractivity contribution in [2.45, 2.75) is 25.5 Å². The molecular weight excluding hydrogens is 941 g/mol. The van der Waals surface area contributed by atoms with Crippen LogP contribution in [0.15, 0.2) is 267 Å². The van der Waals surface area contributed by atoms with Crippen LogP contribution in [0.2, 0.25) is 0 Å². The summed E-state index contributed by atoms with van der Waals surface area (Å²) in [5.74, 6) is 0. The zero-order valence-electron chi connectivity index (χ0n) is 50.3. The Morgan fingerprint density at radius 2 is 0.423 bits per heavy atom. The predicted molar refractivity (Wildman–Crippen MR) is 332 cm³/mol. The third kappa shape index (κ3) is 7.32. The lowest BCUT2D eigenvalue weighted by Crippen LogP contribution is -2.10. The average molecular weight is 1000 g/mol. The third-order valence-corrected chi connectivity index (χ3v) is 16.2. The van der Waals surface area contributed by atoms with E-state index in [4.69, 9.17) is 11.0 Å². The molecule has 2 aliphatic carbocycles. The maximum absolute atomic E-state index is 8.49. The summed E-state index contributed by atoms with van der Waals surface area (Å²) in [6.45, 7) is 0. The van der Waals surface area contributed by atoms with E-state index in [9.17, 15) is 0 Å². The molecule has 0 fully saturated rings. The van der Waals surface area contributed by atoms with Crippen molar-refractivity contribution < 1.29 is 11.0 Å². The zero-order chi connectivity index (χ0) is 58.4. The van der Waals surface area contributed by atoms with Gasteiger partial charge in [0.2, 0.25) is 0 Å². The average Bonchev–Trinajstić information content (AvgIpc) is 0.747. The Morgan fingerprint density at radius 1 is 0.192 bits per heavy atom. The van der Waals surface area contributed by atoms with Crippen molar-refractivity contribution >= 4 is 98.8 Å². The molecule has 0 heterocycles. The minimum atomic E-state index is -2.07. The molecule has 2 aliphatic rings. The van der Waals surface area contributed by atoms with Crippen LogP contribution in [0.25, 0.3) is 98.0 Å². The van der Waals surface area contributed by atoms with Gasteiger partial charge in [-0.05, 0) is 219 Å². The van der Waals surface area contributed by atoms with Crippen LogP contribution < -0.4 is 9.80 Å². The molecule has 0 aliphatic heterocycles. The van der Waals surface area contributed by atoms with Gasteiger partial charge in [-0.3, -0.25) is 0 Å². The molecule has 0 saturated heterocycles. The van der Waals surface area contributed by atoms with Gasteiger partial charge in [0.05, 0.1) is 0 Å². The highest BCUT2D eigenvalue weighted by Gasteiger charge is 2.21. The Labute approximate surface area is 465 Å². The number of fused-ring (bicyclic) bond motifs is 14. The SMILES string of the molecule is [2H]C1([2H])c2ccc(-c3ccc(N(c4ccc(-c5ccc(N(c6ccc(-c7ccc8c(c7)C([2H])([2H])C8([2H])[2H])cc6)c6ccc7c8ccccc8c8ccccc8c7c6)cc5)cc4)c4ccc5c6ccccc6c6ccccc6c5c4)cc3)cc2C1([2H])[2H]. The van der Waals surface area contributed by atoms with Crippen molar-refractivity contribution in [3.8, 4) is 33.4 Å². The molecule has 78 heavy (non-hydrogen) atoms. The number of nitrogens with zero attached hydrogens (tertiary/aromatic N) is 2. The predicted octanol–water partition coefficient (Wildman–Crippen LogP) is 20.7. The fourth-order valence-corrected chi connectivity index (χ4v) is 12.2. The van der Waals surface area contributed by atoms with Crippen molar-refractivity contribution in [3.63, 3.8) is 0 Å². The standard InChI is InChI=1S/C76H52N2/c1-3-13-69-65(9-1)67-11-5-7-15-71(67)75-47-63(41-43-73(69)75)77(61-37-29-53(30-38-61)57-23-19-51-17-21-55(51)45-57)59-33-25-49(26-34-59)50-27-35-60(36-28-50)78(62-39-31-54(32-40-62)58-24-20-52-18-22-56(52)46-58)64-42-44-74-70-14-4-2-10-66(70)68-12-6-8-16-72(68)76(74)48-64/h1-16,19-20,23-48H,17-18,21-22H2/i17D2,18D2,21D2,22D2. The van der Waals surface area contributed by atoms with Gasteiger partial charge >= 0.3 is 0 Å². The van der Waals surface area contributed by atoms with Gasteiger partial charge in [0.1, 0.15) is 0 Å². The first-order chi connectivity index (χ1) is 41.7. The van der Waals surface area contributed by atoms with Gasteiger partial charge in [-0.2, -0.15) is 0 Å². The fourth-order valence-electron chi connectivity index (χ4n) is 12.2. The van der Waals surface area contributed by atoms with E-state index in [2.05, 4.69) is 240 Å². The highest BCUT2D eigenvalue weighted by atomic mass is 15.1. The Kier molecular flexibility index (Phi) is 8.52. The largest absolute Gasteiger partial charge is 0.310 e. The van der Waals surface area contributed by atoms with E-state index >= 15 is 0 Å². The van der Waals surface area contributed by atoms with Crippen LogP contribution in [0, 0.1) is 0 Å². The second-order valence-corrected chi connectivity index (χ2v) is 20.5. The van der Waals surface area contributed by atoms with E-state index in [1.165, 1.54) is 53.9 Å². The molecule has 14 aromatic carbocycles. The lowest BCUT2D eigenvalue weighted by molar-refractivity contribution is 0.840. The first-order valence-corrected chi connectivity index (χ1v) is 26.6. The summed E-state index contributed by atoms with van der Waals surface area (Å²) in [5, 5.41) is 14.3. The lowest BCUT2D eigenvalue weighted by atomic mass is 9.86. The first-order valence-electron chi connectivity index (χ1n) is 30.6. The van der Waals surface area contributed by atoms with Crippen LogP contribution in [-0.4, -0.2) is 0 Å². The van der Waals surface area contributed by atoms with Crippen molar-refractivity contribution in [2.75, 3.05) is 9.80 Å². The van der Waals surface area contributed by atoms with Gasteiger partial charge in [0, 0.05) is 45.1 Å². The number of benzene rings is 14. The Hall–Kier alpha value is -9.76. The maximum atomic E-state index is 8.49. The van der Waals surface area contributed by atoms with Crippen LogP contribution in [0.1, 0.15) is 33.2 Å². The van der Waals surface area contributed by atoms with Crippen LogP contribution >= 0.6 is 0 Å². The molecule has 0 atom stereocenters. The van der Waals surface area contributed by atoms with E-state index in [0.29, 0.717) is 22.3 Å². The molecule has 0 amide bonds. The molecule has 0 unspecified atom stereocenters. The molecule has 0 N–H and O–H groups in total. The summed E-state index contributed by atoms with van der Waals surface area (Å²) in [6, 6.07) is 92.8. The summed E-state index contributed by atoms with van der Waals surface area (Å²) in [7, 11) is 0. The van der Waals surface area contributed by atoms with Crippen LogP contribution in [0.3, 0.4) is 0 Å². The number of hydrogen-bond acceptors (Lipinski definition) is 2. The highest BCUT2D eigenvalue weighted by molar-refractivity contribution is 6.27. The smallest absolute Gasteiger partial charge is 0.0468 e. The molecule has 0 bridgehead atoms. The van der Waals surface area contributed by atoms with Gasteiger partial charge in [0.15, 0.2) is 0 Å². The maximum Gasteiger partial charge on any atom is 0.0468 e. The van der Waals surface area contributed by atoms with Gasteiger partial charge in [0.25, 0.3) is 0 Å². The molecule has 14 aromatic rings. The van der Waals surface area contributed by atoms with Crippen LogP contribution in [0.4, 0.5) is 34.1 Å². The van der Waals surface area contributed by atoms with Gasteiger partial charge in [-0.25, -0.2) is 0 Å². The topological polar surface area (TPSA) is 6.48 Å². The molecule has 2 heteroatoms. The number of anilines is 6. The molecule has 366 valence electrons. The number of hydrogen-bond donors (Lipinski definition) is 0. The highest BCUT2D eigenvalue weighted by Crippen LogP contribution is 2.45. The van der Waals surface area contributed by atoms with Crippen molar-refractivity contribution in [2.24, 2.45) is 0 Å². The van der Waals surface area contributed by atoms with E-state index in [0.717, 1.165) is 78.3 Å². The fraction of sp³-hybridized carbons (Fsp3) is 0.0526. The van der Waals surface area contributed by atoms with Crippen LogP contribution in [-0.2, 0) is 25.5 Å². The molecule has 0 saturated carbocycles. The van der Waals surface area contributed by atoms with E-state index in [1.807, 2.05) is 12.1 Å². The minimum absolute atomic E-state index is 0.396. The third-order valence-electron chi connectivity index (χ3n) is 16.2. The molecule has 0 aromatic heterocycles. The lowest BCUT2D eigenvalue weighted by Gasteiger charge is -2.27. The normalized spacial score (nSPS) is 16.8. The zero-order valence-corrected chi connectivity index (χ0v) is 42.3.